The smallest absolute Gasteiger partial charge is 0.383 e. The summed E-state index contributed by atoms with van der Waals surface area (Å²) in [5.74, 6) is 1.19. The number of rotatable bonds is 8. The van der Waals surface area contributed by atoms with Crippen LogP contribution in [0.3, 0.4) is 0 Å². The summed E-state index contributed by atoms with van der Waals surface area (Å²) in [5, 5.41) is 3.32. The lowest BCUT2D eigenvalue weighted by Crippen LogP contribution is -2.43. The Morgan fingerprint density at radius 2 is 2.10 bits per heavy atom. The maximum atomic E-state index is 12.2. The number of halogens is 3. The average Bonchev–Trinajstić information content (AvgIpc) is 2.94. The van der Waals surface area contributed by atoms with E-state index in [4.69, 9.17) is 9.47 Å². The zero-order valence-corrected chi connectivity index (χ0v) is 12.0. The molecule has 2 fully saturated rings. The minimum absolute atomic E-state index is 0.109. The molecule has 0 aromatic heterocycles. The third kappa shape index (κ3) is 4.09. The van der Waals surface area contributed by atoms with E-state index in [1.54, 1.807) is 7.11 Å². The Morgan fingerprint density at radius 1 is 1.30 bits per heavy atom. The second-order valence-corrected chi connectivity index (χ2v) is 6.22. The number of hydrogen-bond donors (Lipinski definition) is 1. The highest BCUT2D eigenvalue weighted by atomic mass is 19.4. The van der Waals surface area contributed by atoms with Crippen LogP contribution in [0, 0.1) is 17.3 Å². The monoisotopic (exact) mass is 295 g/mol. The molecular weight excluding hydrogens is 271 g/mol. The van der Waals surface area contributed by atoms with Crippen LogP contribution in [0.15, 0.2) is 0 Å². The number of fused-ring (bicyclic) bond motifs is 2. The molecule has 20 heavy (non-hydrogen) atoms. The third-order valence-corrected chi connectivity index (χ3v) is 4.72. The molecule has 0 aliphatic heterocycles. The van der Waals surface area contributed by atoms with Crippen molar-refractivity contribution in [3.05, 3.63) is 0 Å². The van der Waals surface area contributed by atoms with E-state index in [1.165, 1.54) is 6.42 Å². The highest BCUT2D eigenvalue weighted by molar-refractivity contribution is 5.01. The SMILES string of the molecule is COCCNCC1(COCC(F)(F)F)CC2CCC1C2. The Bertz CT molecular complexity index is 311. The second-order valence-electron chi connectivity index (χ2n) is 6.22. The largest absolute Gasteiger partial charge is 0.411 e. The maximum Gasteiger partial charge on any atom is 0.411 e. The van der Waals surface area contributed by atoms with Crippen LogP contribution in [-0.2, 0) is 9.47 Å². The van der Waals surface area contributed by atoms with Crippen LogP contribution in [0.2, 0.25) is 0 Å². The van der Waals surface area contributed by atoms with Gasteiger partial charge in [0, 0.05) is 25.6 Å². The van der Waals surface area contributed by atoms with Crippen molar-refractivity contribution in [3.8, 4) is 0 Å². The Balaban J connectivity index is 1.84. The van der Waals surface area contributed by atoms with Crippen molar-refractivity contribution < 1.29 is 22.6 Å². The van der Waals surface area contributed by atoms with E-state index in [9.17, 15) is 13.2 Å². The van der Waals surface area contributed by atoms with Crippen LogP contribution in [-0.4, -0.2) is 46.2 Å². The van der Waals surface area contributed by atoms with Crippen LogP contribution >= 0.6 is 0 Å². The molecule has 0 saturated heterocycles. The maximum absolute atomic E-state index is 12.2. The van der Waals surface area contributed by atoms with Crippen LogP contribution in [0.5, 0.6) is 0 Å². The van der Waals surface area contributed by atoms with E-state index in [2.05, 4.69) is 5.32 Å². The molecule has 0 radical (unpaired) electrons. The Kier molecular flexibility index (Phi) is 5.31. The summed E-state index contributed by atoms with van der Waals surface area (Å²) in [7, 11) is 1.64. The Hall–Kier alpha value is -0.330. The van der Waals surface area contributed by atoms with E-state index >= 15 is 0 Å². The molecule has 3 atom stereocenters. The van der Waals surface area contributed by atoms with Crippen molar-refractivity contribution in [1.29, 1.82) is 0 Å². The molecule has 0 heterocycles. The van der Waals surface area contributed by atoms with Crippen LogP contribution in [0.25, 0.3) is 0 Å². The van der Waals surface area contributed by atoms with Gasteiger partial charge in [0.05, 0.1) is 13.2 Å². The average molecular weight is 295 g/mol. The molecule has 2 bridgehead atoms. The summed E-state index contributed by atoms with van der Waals surface area (Å²) >= 11 is 0. The van der Waals surface area contributed by atoms with Gasteiger partial charge in [-0.2, -0.15) is 13.2 Å². The first-order valence-corrected chi connectivity index (χ1v) is 7.29. The van der Waals surface area contributed by atoms with Gasteiger partial charge < -0.3 is 14.8 Å². The van der Waals surface area contributed by atoms with Gasteiger partial charge in [-0.1, -0.05) is 6.42 Å². The molecule has 1 N–H and O–H groups in total. The molecule has 6 heteroatoms. The summed E-state index contributed by atoms with van der Waals surface area (Å²) in [5.41, 5.74) is -0.109. The molecule has 2 rings (SSSR count). The Labute approximate surface area is 118 Å². The molecule has 0 aromatic rings. The summed E-state index contributed by atoms with van der Waals surface area (Å²) in [6, 6.07) is 0. The van der Waals surface area contributed by atoms with Gasteiger partial charge in [-0.05, 0) is 31.1 Å². The lowest BCUT2D eigenvalue weighted by Gasteiger charge is -2.38. The number of hydrogen-bond acceptors (Lipinski definition) is 3. The van der Waals surface area contributed by atoms with Gasteiger partial charge in [-0.25, -0.2) is 0 Å². The first kappa shape index (κ1) is 16.0. The number of methoxy groups -OCH3 is 1. The van der Waals surface area contributed by atoms with Crippen molar-refractivity contribution in [2.24, 2.45) is 17.3 Å². The highest BCUT2D eigenvalue weighted by Crippen LogP contribution is 2.55. The van der Waals surface area contributed by atoms with Crippen LogP contribution < -0.4 is 5.32 Å². The van der Waals surface area contributed by atoms with E-state index in [0.717, 1.165) is 32.4 Å². The van der Waals surface area contributed by atoms with Crippen molar-refractivity contribution in [1.82, 2.24) is 5.32 Å². The zero-order valence-electron chi connectivity index (χ0n) is 12.0. The molecule has 118 valence electrons. The van der Waals surface area contributed by atoms with E-state index in [-0.39, 0.29) is 12.0 Å². The number of alkyl halides is 3. The predicted octanol–water partition coefficient (Wildman–Crippen LogP) is 2.61. The minimum atomic E-state index is -4.23. The highest BCUT2D eigenvalue weighted by Gasteiger charge is 2.51. The fraction of sp³-hybridized carbons (Fsp3) is 1.00. The molecule has 0 aromatic carbocycles. The number of nitrogens with one attached hydrogen (secondary N) is 1. The number of ether oxygens (including phenoxy) is 2. The van der Waals surface area contributed by atoms with E-state index < -0.39 is 12.8 Å². The molecule has 3 unspecified atom stereocenters. The fourth-order valence-electron chi connectivity index (χ4n) is 3.88. The van der Waals surface area contributed by atoms with Gasteiger partial charge in [0.25, 0.3) is 0 Å². The molecule has 3 nitrogen and oxygen atoms in total. The van der Waals surface area contributed by atoms with Gasteiger partial charge in [0.1, 0.15) is 6.61 Å². The zero-order chi connectivity index (χ0) is 14.6. The van der Waals surface area contributed by atoms with Crippen LogP contribution in [0.4, 0.5) is 13.2 Å². The van der Waals surface area contributed by atoms with Gasteiger partial charge >= 0.3 is 6.18 Å². The van der Waals surface area contributed by atoms with Gasteiger partial charge in [-0.3, -0.25) is 0 Å². The topological polar surface area (TPSA) is 30.5 Å². The molecule has 0 amide bonds. The van der Waals surface area contributed by atoms with Gasteiger partial charge in [0.15, 0.2) is 0 Å². The lowest BCUT2D eigenvalue weighted by molar-refractivity contribution is -0.183. The summed E-state index contributed by atoms with van der Waals surface area (Å²) in [6.07, 6.45) is 0.273. The van der Waals surface area contributed by atoms with Gasteiger partial charge in [-0.15, -0.1) is 0 Å². The minimum Gasteiger partial charge on any atom is -0.383 e. The molecule has 2 aliphatic carbocycles. The van der Waals surface area contributed by atoms with Crippen molar-refractivity contribution in [2.45, 2.75) is 31.9 Å². The predicted molar refractivity (Wildman–Crippen MR) is 69.5 cm³/mol. The van der Waals surface area contributed by atoms with Gasteiger partial charge in [0.2, 0.25) is 0 Å². The normalized spacial score (nSPS) is 33.0. The fourth-order valence-corrected chi connectivity index (χ4v) is 3.88. The summed E-state index contributed by atoms with van der Waals surface area (Å²) in [6.45, 7) is 1.16. The first-order valence-electron chi connectivity index (χ1n) is 7.29. The lowest BCUT2D eigenvalue weighted by atomic mass is 9.73. The Morgan fingerprint density at radius 3 is 2.65 bits per heavy atom. The molecule has 2 saturated carbocycles. The molecular formula is C14H24F3NO2. The quantitative estimate of drug-likeness (QED) is 0.698. The van der Waals surface area contributed by atoms with Crippen LogP contribution in [0.1, 0.15) is 25.7 Å². The molecule has 2 aliphatic rings. The van der Waals surface area contributed by atoms with Crippen molar-refractivity contribution in [3.63, 3.8) is 0 Å². The van der Waals surface area contributed by atoms with E-state index in [0.29, 0.717) is 18.4 Å². The standard InChI is InChI=1S/C14H24F3NO2/c1-19-5-4-18-8-13(9-20-10-14(15,16)17)7-11-2-3-12(13)6-11/h11-12,18H,2-10H2,1H3. The summed E-state index contributed by atoms with van der Waals surface area (Å²) < 4.78 is 46.7. The second kappa shape index (κ2) is 6.62. The molecule has 0 spiro atoms. The first-order chi connectivity index (χ1) is 9.45. The van der Waals surface area contributed by atoms with E-state index in [1.807, 2.05) is 0 Å². The summed E-state index contributed by atoms with van der Waals surface area (Å²) in [4.78, 5) is 0. The van der Waals surface area contributed by atoms with Crippen molar-refractivity contribution in [2.75, 3.05) is 40.0 Å². The van der Waals surface area contributed by atoms with Crippen molar-refractivity contribution >= 4 is 0 Å². The third-order valence-electron chi connectivity index (χ3n) is 4.72.